The number of fused-ring (bicyclic) bond motifs is 1. The number of H-pyrrole nitrogens is 1. The largest absolute Gasteiger partial charge is 0.352 e. The number of carbonyl (C=O) groups excluding carboxylic acids is 3. The SMILES string of the molecule is CC.CC(=O)c1cc2cc(C(C)=O)c(C(=O)NCCN(C)C)cc2[nH]1.[HH].[HH]. The Labute approximate surface area is 151 Å². The molecule has 0 aliphatic rings. The molecule has 0 unspecified atom stereocenters. The summed E-state index contributed by atoms with van der Waals surface area (Å²) in [5.41, 5.74) is 1.80. The first-order chi connectivity index (χ1) is 11.8. The Morgan fingerprint density at radius 2 is 1.68 bits per heavy atom. The van der Waals surface area contributed by atoms with Crippen LogP contribution in [0.3, 0.4) is 0 Å². The monoisotopic (exact) mass is 349 g/mol. The number of Topliss-reactive ketones (excluding diaryl/α,β-unsaturated/α-hetero) is 2. The molecular formula is C19H31N3O3. The summed E-state index contributed by atoms with van der Waals surface area (Å²) in [6, 6.07) is 4.98. The molecule has 25 heavy (non-hydrogen) atoms. The first kappa shape index (κ1) is 20.6. The number of benzene rings is 1. The van der Waals surface area contributed by atoms with E-state index in [1.165, 1.54) is 13.8 Å². The van der Waals surface area contributed by atoms with Gasteiger partial charge in [-0.1, -0.05) is 13.8 Å². The van der Waals surface area contributed by atoms with Crippen LogP contribution in [-0.2, 0) is 0 Å². The Balaban J connectivity index is 0. The van der Waals surface area contributed by atoms with Crippen LogP contribution in [0.1, 0.15) is 61.8 Å². The van der Waals surface area contributed by atoms with Gasteiger partial charge >= 0.3 is 0 Å². The molecule has 6 heteroatoms. The average molecular weight is 349 g/mol. The third kappa shape index (κ3) is 5.26. The Bertz CT molecular complexity index is 786. The maximum Gasteiger partial charge on any atom is 0.252 e. The molecule has 2 N–H and O–H groups in total. The van der Waals surface area contributed by atoms with Crippen molar-refractivity contribution in [3.63, 3.8) is 0 Å². The van der Waals surface area contributed by atoms with Crippen LogP contribution in [0.2, 0.25) is 0 Å². The number of likely N-dealkylation sites (N-methyl/N-ethyl adjacent to an activating group) is 1. The number of nitrogens with one attached hydrogen (secondary N) is 2. The number of aromatic amines is 1. The number of hydrogen-bond acceptors (Lipinski definition) is 4. The average Bonchev–Trinajstić information content (AvgIpc) is 2.98. The summed E-state index contributed by atoms with van der Waals surface area (Å²) in [6.45, 7) is 8.09. The van der Waals surface area contributed by atoms with Crippen LogP contribution in [-0.4, -0.2) is 54.5 Å². The van der Waals surface area contributed by atoms with Gasteiger partial charge < -0.3 is 15.2 Å². The minimum atomic E-state index is -0.294. The van der Waals surface area contributed by atoms with E-state index in [9.17, 15) is 14.4 Å². The van der Waals surface area contributed by atoms with Crippen LogP contribution >= 0.6 is 0 Å². The van der Waals surface area contributed by atoms with Crippen molar-refractivity contribution in [1.29, 1.82) is 0 Å². The Hall–Kier alpha value is -2.47. The summed E-state index contributed by atoms with van der Waals surface area (Å²) < 4.78 is 0. The summed E-state index contributed by atoms with van der Waals surface area (Å²) in [6.07, 6.45) is 0. The standard InChI is InChI=1S/C17H21N3O3.C2H6.2H2/c1-10(21)13-7-12-8-15(11(2)22)19-16(12)9-14(13)17(23)18-5-6-20(3)4;1-2;;/h7-9,19H,5-6H2,1-4H3,(H,18,23);1-2H3;2*1H. The fraction of sp³-hybridized carbons (Fsp3) is 0.421. The van der Waals surface area contributed by atoms with Gasteiger partial charge in [-0.05, 0) is 39.2 Å². The van der Waals surface area contributed by atoms with Gasteiger partial charge in [0.1, 0.15) is 0 Å². The third-order valence-corrected chi connectivity index (χ3v) is 3.61. The molecule has 0 saturated carbocycles. The highest BCUT2D eigenvalue weighted by Crippen LogP contribution is 2.22. The van der Waals surface area contributed by atoms with Crippen molar-refractivity contribution in [2.24, 2.45) is 0 Å². The Morgan fingerprint density at radius 3 is 2.20 bits per heavy atom. The molecule has 2 aromatic rings. The molecule has 6 nitrogen and oxygen atoms in total. The maximum atomic E-state index is 12.4. The zero-order valence-electron chi connectivity index (χ0n) is 15.8. The molecule has 0 fully saturated rings. The van der Waals surface area contributed by atoms with Crippen molar-refractivity contribution < 1.29 is 17.2 Å². The van der Waals surface area contributed by atoms with Gasteiger partial charge in [0.2, 0.25) is 0 Å². The quantitative estimate of drug-likeness (QED) is 0.783. The van der Waals surface area contributed by atoms with Crippen LogP contribution < -0.4 is 5.32 Å². The van der Waals surface area contributed by atoms with Crippen molar-refractivity contribution in [3.8, 4) is 0 Å². The van der Waals surface area contributed by atoms with Gasteiger partial charge in [-0.3, -0.25) is 14.4 Å². The Morgan fingerprint density at radius 1 is 1.04 bits per heavy atom. The lowest BCUT2D eigenvalue weighted by atomic mass is 10.0. The molecule has 1 aromatic heterocycles. The molecule has 0 atom stereocenters. The highest BCUT2D eigenvalue weighted by molar-refractivity contribution is 6.11. The summed E-state index contributed by atoms with van der Waals surface area (Å²) in [4.78, 5) is 40.7. The highest BCUT2D eigenvalue weighted by Gasteiger charge is 2.17. The van der Waals surface area contributed by atoms with Crippen molar-refractivity contribution in [3.05, 3.63) is 35.0 Å². The van der Waals surface area contributed by atoms with Gasteiger partial charge in [0.25, 0.3) is 5.91 Å². The van der Waals surface area contributed by atoms with Gasteiger partial charge in [-0.25, -0.2) is 0 Å². The second-order valence-corrected chi connectivity index (χ2v) is 5.84. The zero-order valence-corrected chi connectivity index (χ0v) is 15.8. The van der Waals surface area contributed by atoms with Gasteiger partial charge in [0.05, 0.1) is 11.3 Å². The van der Waals surface area contributed by atoms with E-state index >= 15 is 0 Å². The smallest absolute Gasteiger partial charge is 0.252 e. The number of amides is 1. The summed E-state index contributed by atoms with van der Waals surface area (Å²) >= 11 is 0. The summed E-state index contributed by atoms with van der Waals surface area (Å²) in [7, 11) is 3.84. The number of carbonyl (C=O) groups is 3. The molecule has 140 valence electrons. The fourth-order valence-corrected chi connectivity index (χ4v) is 2.34. The van der Waals surface area contributed by atoms with Crippen LogP contribution in [0.25, 0.3) is 10.9 Å². The normalized spacial score (nSPS) is 10.4. The highest BCUT2D eigenvalue weighted by atomic mass is 16.2. The molecule has 0 aliphatic carbocycles. The maximum absolute atomic E-state index is 12.4. The molecule has 0 saturated heterocycles. The minimum Gasteiger partial charge on any atom is -0.352 e. The predicted octanol–water partition coefficient (Wildman–Crippen LogP) is 3.38. The molecular weight excluding hydrogens is 318 g/mol. The second-order valence-electron chi connectivity index (χ2n) is 5.84. The van der Waals surface area contributed by atoms with E-state index in [4.69, 9.17) is 0 Å². The molecule has 2 rings (SSSR count). The van der Waals surface area contributed by atoms with E-state index in [2.05, 4.69) is 10.3 Å². The zero-order chi connectivity index (χ0) is 19.1. The summed E-state index contributed by atoms with van der Waals surface area (Å²) in [5.74, 6) is -0.573. The van der Waals surface area contributed by atoms with Crippen LogP contribution in [0, 0.1) is 0 Å². The topological polar surface area (TPSA) is 82.3 Å². The van der Waals surface area contributed by atoms with Gasteiger partial charge in [-0.2, -0.15) is 0 Å². The van der Waals surface area contributed by atoms with Gasteiger partial charge in [-0.15, -0.1) is 0 Å². The lowest BCUT2D eigenvalue weighted by molar-refractivity contribution is 0.0936. The van der Waals surface area contributed by atoms with E-state index in [1.807, 2.05) is 32.8 Å². The molecule has 0 spiro atoms. The molecule has 0 bridgehead atoms. The van der Waals surface area contributed by atoms with Crippen molar-refractivity contribution in [2.45, 2.75) is 27.7 Å². The first-order valence-corrected chi connectivity index (χ1v) is 8.41. The van der Waals surface area contributed by atoms with Gasteiger partial charge in [0, 0.05) is 39.3 Å². The van der Waals surface area contributed by atoms with E-state index in [0.717, 1.165) is 5.39 Å². The molecule has 0 radical (unpaired) electrons. The second kappa shape index (κ2) is 9.13. The minimum absolute atomic E-state index is 0. The number of hydrogen-bond donors (Lipinski definition) is 2. The van der Waals surface area contributed by atoms with E-state index < -0.39 is 0 Å². The van der Waals surface area contributed by atoms with Crippen LogP contribution in [0.15, 0.2) is 18.2 Å². The Kier molecular flexibility index (Phi) is 7.51. The van der Waals surface area contributed by atoms with Crippen LogP contribution in [0.4, 0.5) is 0 Å². The number of nitrogens with zero attached hydrogens (tertiary/aromatic N) is 1. The predicted molar refractivity (Wildman–Crippen MR) is 105 cm³/mol. The van der Waals surface area contributed by atoms with Crippen LogP contribution in [0.5, 0.6) is 0 Å². The van der Waals surface area contributed by atoms with Crippen molar-refractivity contribution >= 4 is 28.4 Å². The van der Waals surface area contributed by atoms with E-state index in [0.29, 0.717) is 35.4 Å². The van der Waals surface area contributed by atoms with E-state index in [1.54, 1.807) is 18.2 Å². The number of ketones is 2. The van der Waals surface area contributed by atoms with Gasteiger partial charge in [0.15, 0.2) is 11.6 Å². The first-order valence-electron chi connectivity index (χ1n) is 8.41. The molecule has 1 heterocycles. The van der Waals surface area contributed by atoms with E-state index in [-0.39, 0.29) is 20.3 Å². The molecule has 0 aliphatic heterocycles. The number of rotatable bonds is 6. The van der Waals surface area contributed by atoms with Crippen molar-refractivity contribution in [2.75, 3.05) is 27.2 Å². The lowest BCUT2D eigenvalue weighted by Crippen LogP contribution is -2.32. The number of aromatic nitrogens is 1. The fourth-order valence-electron chi connectivity index (χ4n) is 2.34. The lowest BCUT2D eigenvalue weighted by Gasteiger charge is -2.12. The molecule has 1 amide bonds. The summed E-state index contributed by atoms with van der Waals surface area (Å²) in [5, 5.41) is 3.55. The third-order valence-electron chi connectivity index (χ3n) is 3.61. The van der Waals surface area contributed by atoms with Crippen molar-refractivity contribution in [1.82, 2.24) is 15.2 Å². The molecule has 1 aromatic carbocycles.